The van der Waals surface area contributed by atoms with Crippen LogP contribution >= 0.6 is 0 Å². The van der Waals surface area contributed by atoms with E-state index in [9.17, 15) is 0 Å². The predicted molar refractivity (Wildman–Crippen MR) is 57.4 cm³/mol. The van der Waals surface area contributed by atoms with Crippen LogP contribution in [0.3, 0.4) is 0 Å². The lowest BCUT2D eigenvalue weighted by Gasteiger charge is -2.56. The highest BCUT2D eigenvalue weighted by atomic mass is 14.5. The number of hydrogen-bond donors (Lipinski definition) is 0. The summed E-state index contributed by atoms with van der Waals surface area (Å²) >= 11 is 0. The van der Waals surface area contributed by atoms with Gasteiger partial charge in [0.05, 0.1) is 0 Å². The molecule has 1 aromatic carbocycles. The minimum Gasteiger partial charge on any atom is -0.0620 e. The van der Waals surface area contributed by atoms with E-state index in [1.54, 1.807) is 11.1 Å². The van der Waals surface area contributed by atoms with E-state index in [4.69, 9.17) is 0 Å². The number of fused-ring (bicyclic) bond motifs is 1. The molecule has 4 aliphatic rings. The van der Waals surface area contributed by atoms with Crippen LogP contribution in [0.4, 0.5) is 0 Å². The number of benzene rings is 1. The van der Waals surface area contributed by atoms with Crippen LogP contribution in [0.1, 0.15) is 48.6 Å². The van der Waals surface area contributed by atoms with Crippen molar-refractivity contribution in [1.82, 2.24) is 0 Å². The molecule has 0 heterocycles. The Morgan fingerprint density at radius 3 is 1.64 bits per heavy atom. The average Bonchev–Trinajstić information content (AvgIpc) is 2.19. The van der Waals surface area contributed by atoms with Gasteiger partial charge < -0.3 is 0 Å². The van der Waals surface area contributed by atoms with Gasteiger partial charge in [0.15, 0.2) is 0 Å². The monoisotopic (exact) mass is 184 g/mol. The molecule has 0 saturated heterocycles. The van der Waals surface area contributed by atoms with Crippen LogP contribution in [0, 0.1) is 11.8 Å². The molecule has 72 valence electrons. The summed E-state index contributed by atoms with van der Waals surface area (Å²) in [7, 11) is 0. The molecule has 0 heteroatoms. The van der Waals surface area contributed by atoms with Gasteiger partial charge in [0.1, 0.15) is 0 Å². The van der Waals surface area contributed by atoms with Gasteiger partial charge in [-0.05, 0) is 60.5 Å². The summed E-state index contributed by atoms with van der Waals surface area (Å²) in [4.78, 5) is 0. The molecule has 4 atom stereocenters. The van der Waals surface area contributed by atoms with E-state index in [0.717, 1.165) is 23.7 Å². The van der Waals surface area contributed by atoms with E-state index >= 15 is 0 Å². The van der Waals surface area contributed by atoms with Gasteiger partial charge in [-0.2, -0.15) is 0 Å². The fourth-order valence-corrected chi connectivity index (χ4v) is 4.30. The van der Waals surface area contributed by atoms with Crippen molar-refractivity contribution in [3.05, 3.63) is 35.4 Å². The van der Waals surface area contributed by atoms with Gasteiger partial charge in [-0.25, -0.2) is 0 Å². The van der Waals surface area contributed by atoms with Gasteiger partial charge in [0.2, 0.25) is 0 Å². The van der Waals surface area contributed by atoms with Gasteiger partial charge in [-0.1, -0.05) is 24.3 Å². The van der Waals surface area contributed by atoms with E-state index in [0.29, 0.717) is 0 Å². The van der Waals surface area contributed by atoms with Crippen molar-refractivity contribution in [2.24, 2.45) is 11.8 Å². The smallest absolute Gasteiger partial charge is 0.0128 e. The minimum absolute atomic E-state index is 0.940. The Balaban J connectivity index is 1.93. The molecule has 1 aromatic rings. The molecule has 0 aromatic heterocycles. The SMILES string of the molecule is c1ccc2c(c1)[C@H]1CC[C@H]2[C@@H]2CC[C@H]21. The summed E-state index contributed by atoms with van der Waals surface area (Å²) in [5.74, 6) is 4.03. The van der Waals surface area contributed by atoms with Crippen LogP contribution < -0.4 is 0 Å². The van der Waals surface area contributed by atoms with Crippen LogP contribution in [0.5, 0.6) is 0 Å². The van der Waals surface area contributed by atoms with Crippen LogP contribution in [0.2, 0.25) is 0 Å². The second-order valence-electron chi connectivity index (χ2n) is 5.32. The molecule has 0 nitrogen and oxygen atoms in total. The van der Waals surface area contributed by atoms with E-state index < -0.39 is 0 Å². The molecule has 0 aliphatic heterocycles. The summed E-state index contributed by atoms with van der Waals surface area (Å²) in [5.41, 5.74) is 3.43. The topological polar surface area (TPSA) is 0 Å². The van der Waals surface area contributed by atoms with Crippen LogP contribution in [-0.4, -0.2) is 0 Å². The molecule has 0 radical (unpaired) electrons. The van der Waals surface area contributed by atoms with Crippen molar-refractivity contribution < 1.29 is 0 Å². The Kier molecular flexibility index (Phi) is 1.30. The van der Waals surface area contributed by atoms with E-state index in [1.807, 2.05) is 0 Å². The first-order valence-corrected chi connectivity index (χ1v) is 6.04. The first-order chi connectivity index (χ1) is 6.95. The Morgan fingerprint density at radius 2 is 1.21 bits per heavy atom. The molecule has 4 aliphatic carbocycles. The van der Waals surface area contributed by atoms with Gasteiger partial charge in [0.25, 0.3) is 0 Å². The number of rotatable bonds is 0. The second-order valence-corrected chi connectivity index (χ2v) is 5.32. The van der Waals surface area contributed by atoms with Gasteiger partial charge in [-0.3, -0.25) is 0 Å². The quantitative estimate of drug-likeness (QED) is 0.577. The third kappa shape index (κ3) is 0.724. The summed E-state index contributed by atoms with van der Waals surface area (Å²) in [6, 6.07) is 9.24. The highest BCUT2D eigenvalue weighted by molar-refractivity contribution is 5.41. The molecular weight excluding hydrogens is 168 g/mol. The van der Waals surface area contributed by atoms with Gasteiger partial charge >= 0.3 is 0 Å². The maximum atomic E-state index is 2.39. The first kappa shape index (κ1) is 7.50. The lowest BCUT2D eigenvalue weighted by molar-refractivity contribution is 0.0497. The summed E-state index contributed by atoms with van der Waals surface area (Å²) in [5, 5.41) is 0. The Morgan fingerprint density at radius 1 is 0.714 bits per heavy atom. The van der Waals surface area contributed by atoms with Crippen LogP contribution in [0.25, 0.3) is 0 Å². The third-order valence-electron chi connectivity index (χ3n) is 5.00. The maximum absolute atomic E-state index is 2.39. The second kappa shape index (κ2) is 2.42. The van der Waals surface area contributed by atoms with E-state index in [2.05, 4.69) is 24.3 Å². The molecule has 0 amide bonds. The van der Waals surface area contributed by atoms with Gasteiger partial charge in [-0.15, -0.1) is 0 Å². The highest BCUT2D eigenvalue weighted by Gasteiger charge is 2.50. The summed E-state index contributed by atoms with van der Waals surface area (Å²) in [6.07, 6.45) is 5.98. The zero-order chi connectivity index (χ0) is 9.12. The fraction of sp³-hybridized carbons (Fsp3) is 0.571. The predicted octanol–water partition coefficient (Wildman–Crippen LogP) is 3.69. The molecular formula is C14H16. The molecule has 0 spiro atoms. The summed E-state index contributed by atoms with van der Waals surface area (Å²) in [6.45, 7) is 0. The van der Waals surface area contributed by atoms with Crippen molar-refractivity contribution in [1.29, 1.82) is 0 Å². The first-order valence-electron chi connectivity index (χ1n) is 6.04. The third-order valence-corrected chi connectivity index (χ3v) is 5.00. The van der Waals surface area contributed by atoms with Crippen molar-refractivity contribution in [3.63, 3.8) is 0 Å². The summed E-state index contributed by atoms with van der Waals surface area (Å²) < 4.78 is 0. The molecule has 0 N–H and O–H groups in total. The molecule has 2 fully saturated rings. The molecule has 5 rings (SSSR count). The maximum Gasteiger partial charge on any atom is -0.0128 e. The fourth-order valence-electron chi connectivity index (χ4n) is 4.30. The van der Waals surface area contributed by atoms with Gasteiger partial charge in [0, 0.05) is 0 Å². The lowest BCUT2D eigenvalue weighted by atomic mass is 9.49. The van der Waals surface area contributed by atoms with Crippen LogP contribution in [-0.2, 0) is 0 Å². The lowest BCUT2D eigenvalue weighted by Crippen LogP contribution is -2.44. The molecule has 2 bridgehead atoms. The Bertz CT molecular complexity index is 342. The zero-order valence-electron chi connectivity index (χ0n) is 8.45. The van der Waals surface area contributed by atoms with Crippen molar-refractivity contribution >= 4 is 0 Å². The largest absolute Gasteiger partial charge is 0.0620 e. The number of hydrogen-bond acceptors (Lipinski definition) is 0. The Hall–Kier alpha value is -0.780. The van der Waals surface area contributed by atoms with Crippen LogP contribution in [0.15, 0.2) is 24.3 Å². The van der Waals surface area contributed by atoms with E-state index in [1.165, 1.54) is 25.7 Å². The molecule has 14 heavy (non-hydrogen) atoms. The molecule has 0 unspecified atom stereocenters. The van der Waals surface area contributed by atoms with E-state index in [-0.39, 0.29) is 0 Å². The standard InChI is InChI=1S/C14H16/c1-2-4-10-9(3-1)11-5-6-12(10)14-8-7-13(11)14/h1-4,11-14H,5-8H2/t11-,12-,13+,14+/m1/s1. The van der Waals surface area contributed by atoms with Crippen molar-refractivity contribution in [3.8, 4) is 0 Å². The van der Waals surface area contributed by atoms with Crippen molar-refractivity contribution in [2.75, 3.05) is 0 Å². The highest BCUT2D eigenvalue weighted by Crippen LogP contribution is 2.62. The zero-order valence-corrected chi connectivity index (χ0v) is 8.45. The Labute approximate surface area is 85.3 Å². The average molecular weight is 184 g/mol. The van der Waals surface area contributed by atoms with Crippen molar-refractivity contribution in [2.45, 2.75) is 37.5 Å². The minimum atomic E-state index is 0.940. The normalized spacial score (nSPS) is 42.6. The molecule has 2 saturated carbocycles.